The van der Waals surface area contributed by atoms with E-state index in [0.29, 0.717) is 22.3 Å². The van der Waals surface area contributed by atoms with Crippen molar-refractivity contribution in [1.29, 1.82) is 0 Å². The quantitative estimate of drug-likeness (QED) is 0.546. The average molecular weight is 415 g/mol. The Hall–Kier alpha value is -3.74. The molecule has 7 nitrogen and oxygen atoms in total. The predicted octanol–water partition coefficient (Wildman–Crippen LogP) is 4.02. The molecule has 4 aromatic rings. The number of hydrogen-bond donors (Lipinski definition) is 1. The van der Waals surface area contributed by atoms with Crippen LogP contribution in [0.5, 0.6) is 0 Å². The van der Waals surface area contributed by atoms with Crippen molar-refractivity contribution in [3.63, 3.8) is 0 Å². The molecule has 2 aromatic heterocycles. The Labute approximate surface area is 180 Å². The molecule has 2 aromatic carbocycles. The summed E-state index contributed by atoms with van der Waals surface area (Å²) in [7, 11) is 0. The van der Waals surface area contributed by atoms with Crippen molar-refractivity contribution in [3.8, 4) is 5.69 Å². The maximum Gasteiger partial charge on any atom is 0.295 e. The topological polar surface area (TPSA) is 81.8 Å². The Morgan fingerprint density at radius 3 is 2.26 bits per heavy atom. The second-order valence-electron chi connectivity index (χ2n) is 7.93. The van der Waals surface area contributed by atoms with Crippen LogP contribution in [0.3, 0.4) is 0 Å². The minimum atomic E-state index is -0.793. The lowest BCUT2D eigenvalue weighted by molar-refractivity contribution is -0.119. The minimum Gasteiger partial charge on any atom is -0.324 e. The maximum atomic E-state index is 13.2. The Morgan fingerprint density at radius 2 is 1.61 bits per heavy atom. The van der Waals surface area contributed by atoms with Crippen LogP contribution >= 0.6 is 0 Å². The minimum absolute atomic E-state index is 0.305. The fourth-order valence-corrected chi connectivity index (χ4v) is 3.94. The second-order valence-corrected chi connectivity index (χ2v) is 7.93. The smallest absolute Gasteiger partial charge is 0.295 e. The van der Waals surface area contributed by atoms with Gasteiger partial charge in [0.15, 0.2) is 5.52 Å². The van der Waals surface area contributed by atoms with E-state index < -0.39 is 6.04 Å². The molecule has 0 aliphatic carbocycles. The summed E-state index contributed by atoms with van der Waals surface area (Å²) in [5, 5.41) is 12.6. The summed E-state index contributed by atoms with van der Waals surface area (Å²) in [5.74, 6) is -0.308. The van der Waals surface area contributed by atoms with Gasteiger partial charge < -0.3 is 5.32 Å². The third kappa shape index (κ3) is 3.74. The highest BCUT2D eigenvalue weighted by Gasteiger charge is 2.23. The van der Waals surface area contributed by atoms with Gasteiger partial charge in [-0.2, -0.15) is 10.2 Å². The summed E-state index contributed by atoms with van der Waals surface area (Å²) < 4.78 is 2.96. The van der Waals surface area contributed by atoms with E-state index in [1.165, 1.54) is 4.68 Å². The molecule has 0 saturated carbocycles. The van der Waals surface area contributed by atoms with Gasteiger partial charge >= 0.3 is 0 Å². The van der Waals surface area contributed by atoms with Gasteiger partial charge in [-0.15, -0.1) is 0 Å². The zero-order valence-corrected chi connectivity index (χ0v) is 18.3. The molecule has 0 saturated heterocycles. The monoisotopic (exact) mass is 415 g/mol. The number of anilines is 1. The molecule has 4 rings (SSSR count). The highest BCUT2D eigenvalue weighted by atomic mass is 16.2. The molecule has 0 unspecified atom stereocenters. The number of aryl methyl sites for hydroxylation is 4. The van der Waals surface area contributed by atoms with Crippen molar-refractivity contribution in [3.05, 3.63) is 81.4 Å². The van der Waals surface area contributed by atoms with Gasteiger partial charge in [-0.05, 0) is 70.0 Å². The van der Waals surface area contributed by atoms with Crippen LogP contribution in [0.25, 0.3) is 16.6 Å². The maximum absolute atomic E-state index is 13.2. The van der Waals surface area contributed by atoms with Crippen molar-refractivity contribution in [2.45, 2.75) is 40.7 Å². The molecule has 0 aliphatic rings. The molecule has 1 atom stereocenters. The van der Waals surface area contributed by atoms with E-state index >= 15 is 0 Å². The van der Waals surface area contributed by atoms with E-state index in [1.807, 2.05) is 76.2 Å². The van der Waals surface area contributed by atoms with Gasteiger partial charge in [-0.25, -0.2) is 9.36 Å². The van der Waals surface area contributed by atoms with E-state index in [1.54, 1.807) is 11.6 Å². The van der Waals surface area contributed by atoms with E-state index in [9.17, 15) is 9.59 Å². The molecule has 2 heterocycles. The average Bonchev–Trinajstić information content (AvgIpc) is 3.08. The number of hydrogen-bond acceptors (Lipinski definition) is 4. The van der Waals surface area contributed by atoms with Gasteiger partial charge in [0.25, 0.3) is 5.56 Å². The Kier molecular flexibility index (Phi) is 5.19. The van der Waals surface area contributed by atoms with E-state index in [4.69, 9.17) is 0 Å². The molecule has 0 bridgehead atoms. The van der Waals surface area contributed by atoms with Gasteiger partial charge in [0.1, 0.15) is 6.04 Å². The number of aromatic nitrogens is 4. The van der Waals surface area contributed by atoms with Crippen LogP contribution < -0.4 is 10.9 Å². The normalized spacial score (nSPS) is 12.2. The molecule has 0 aliphatic heterocycles. The van der Waals surface area contributed by atoms with Crippen LogP contribution in [0.4, 0.5) is 5.69 Å². The highest BCUT2D eigenvalue weighted by molar-refractivity contribution is 5.94. The van der Waals surface area contributed by atoms with Crippen LogP contribution in [-0.4, -0.2) is 25.5 Å². The predicted molar refractivity (Wildman–Crippen MR) is 122 cm³/mol. The Bertz CT molecular complexity index is 1330. The molecule has 1 N–H and O–H groups in total. The number of fused-ring (bicyclic) bond motifs is 1. The Balaban J connectivity index is 1.75. The fourth-order valence-electron chi connectivity index (χ4n) is 3.94. The standard InChI is InChI=1S/C24H25N5O2/c1-14-11-15(2)13-19(12-14)25-23(30)18(5)29-24(31)22-21(16(3)26-29)17(4)28(27-22)20-9-7-6-8-10-20/h6-13,18H,1-5H3,(H,25,30)/t18-/m0/s1. The van der Waals surface area contributed by atoms with E-state index in [-0.39, 0.29) is 11.5 Å². The number of para-hydroxylation sites is 1. The van der Waals surface area contributed by atoms with E-state index in [0.717, 1.165) is 22.5 Å². The lowest BCUT2D eigenvalue weighted by atomic mass is 10.1. The van der Waals surface area contributed by atoms with Crippen molar-refractivity contribution >= 4 is 22.5 Å². The highest BCUT2D eigenvalue weighted by Crippen LogP contribution is 2.22. The molecular weight excluding hydrogens is 390 g/mol. The third-order valence-corrected chi connectivity index (χ3v) is 5.38. The molecule has 0 radical (unpaired) electrons. The van der Waals surface area contributed by atoms with Crippen molar-refractivity contribution in [2.24, 2.45) is 0 Å². The van der Waals surface area contributed by atoms with Crippen LogP contribution in [-0.2, 0) is 4.79 Å². The molecule has 158 valence electrons. The van der Waals surface area contributed by atoms with Gasteiger partial charge in [0.2, 0.25) is 5.91 Å². The van der Waals surface area contributed by atoms with E-state index in [2.05, 4.69) is 15.5 Å². The van der Waals surface area contributed by atoms with Gasteiger partial charge in [-0.3, -0.25) is 9.59 Å². The number of rotatable bonds is 4. The third-order valence-electron chi connectivity index (χ3n) is 5.38. The number of amides is 1. The number of nitrogens with one attached hydrogen (secondary N) is 1. The van der Waals surface area contributed by atoms with Crippen molar-refractivity contribution < 1.29 is 4.79 Å². The summed E-state index contributed by atoms with van der Waals surface area (Å²) in [6.45, 7) is 9.36. The first-order valence-corrected chi connectivity index (χ1v) is 10.2. The summed E-state index contributed by atoms with van der Waals surface area (Å²) in [4.78, 5) is 26.1. The number of nitrogens with zero attached hydrogens (tertiary/aromatic N) is 4. The van der Waals surface area contributed by atoms with Crippen molar-refractivity contribution in [2.75, 3.05) is 5.32 Å². The number of benzene rings is 2. The second kappa shape index (κ2) is 7.83. The molecule has 7 heteroatoms. The van der Waals surface area contributed by atoms with Gasteiger partial charge in [-0.1, -0.05) is 24.3 Å². The number of carbonyl (C=O) groups excluding carboxylic acids is 1. The zero-order valence-electron chi connectivity index (χ0n) is 18.3. The summed E-state index contributed by atoms with van der Waals surface area (Å²) >= 11 is 0. The van der Waals surface area contributed by atoms with Crippen molar-refractivity contribution in [1.82, 2.24) is 19.6 Å². The first kappa shape index (κ1) is 20.5. The molecular formula is C24H25N5O2. The van der Waals surface area contributed by atoms with Gasteiger partial charge in [0, 0.05) is 5.69 Å². The summed E-state index contributed by atoms with van der Waals surface area (Å²) in [6, 6.07) is 14.7. The fraction of sp³-hybridized carbons (Fsp3) is 0.250. The lowest BCUT2D eigenvalue weighted by Crippen LogP contribution is -2.34. The zero-order chi connectivity index (χ0) is 22.3. The van der Waals surface area contributed by atoms with Crippen LogP contribution in [0.15, 0.2) is 53.3 Å². The van der Waals surface area contributed by atoms with Crippen LogP contribution in [0.1, 0.15) is 35.5 Å². The molecule has 0 spiro atoms. The Morgan fingerprint density at radius 1 is 0.968 bits per heavy atom. The SMILES string of the molecule is Cc1cc(C)cc(NC(=O)[C@H](C)n2nc(C)c3c(C)n(-c4ccccc4)nc3c2=O)c1. The summed E-state index contributed by atoms with van der Waals surface area (Å²) in [5.41, 5.74) is 5.07. The molecule has 0 fully saturated rings. The lowest BCUT2D eigenvalue weighted by Gasteiger charge is -2.15. The largest absolute Gasteiger partial charge is 0.324 e. The molecule has 1 amide bonds. The first-order chi connectivity index (χ1) is 14.8. The first-order valence-electron chi connectivity index (χ1n) is 10.2. The van der Waals surface area contributed by atoms with Gasteiger partial charge in [0.05, 0.1) is 22.5 Å². The van der Waals surface area contributed by atoms with Crippen LogP contribution in [0, 0.1) is 27.7 Å². The molecule has 31 heavy (non-hydrogen) atoms. The number of carbonyl (C=O) groups is 1. The summed E-state index contributed by atoms with van der Waals surface area (Å²) in [6.07, 6.45) is 0. The van der Waals surface area contributed by atoms with Crippen LogP contribution in [0.2, 0.25) is 0 Å².